The highest BCUT2D eigenvalue weighted by Gasteiger charge is 2.05. The van der Waals surface area contributed by atoms with Gasteiger partial charge >= 0.3 is 0 Å². The Morgan fingerprint density at radius 2 is 1.11 bits per heavy atom. The predicted octanol–water partition coefficient (Wildman–Crippen LogP) is 6.66. The van der Waals surface area contributed by atoms with Crippen LogP contribution in [-0.2, 0) is 0 Å². The zero-order chi connectivity index (χ0) is 19.3. The van der Waals surface area contributed by atoms with Crippen LogP contribution in [0.25, 0.3) is 11.1 Å². The Bertz CT molecular complexity index is 1030. The van der Waals surface area contributed by atoms with Crippen molar-refractivity contribution in [2.45, 2.75) is 13.8 Å². The molecule has 2 aromatic heterocycles. The highest BCUT2D eigenvalue weighted by Crippen LogP contribution is 2.30. The number of nitrogens with zero attached hydrogens (tertiary/aromatic N) is 2. The van der Waals surface area contributed by atoms with E-state index in [0.29, 0.717) is 0 Å². The van der Waals surface area contributed by atoms with E-state index in [9.17, 15) is 0 Å². The lowest BCUT2D eigenvalue weighted by atomic mass is 10.00. The van der Waals surface area contributed by atoms with Crippen molar-refractivity contribution in [3.05, 3.63) is 95.8 Å². The van der Waals surface area contributed by atoms with E-state index in [4.69, 9.17) is 8.83 Å². The van der Waals surface area contributed by atoms with Crippen molar-refractivity contribution < 1.29 is 8.83 Å². The molecule has 0 aliphatic heterocycles. The van der Waals surface area contributed by atoms with Crippen LogP contribution >= 0.6 is 0 Å². The van der Waals surface area contributed by atoms with Crippen molar-refractivity contribution in [2.75, 3.05) is 0 Å². The van der Waals surface area contributed by atoms with E-state index in [1.807, 2.05) is 36.4 Å². The summed E-state index contributed by atoms with van der Waals surface area (Å²) in [5.41, 5.74) is 6.38. The quantitative estimate of drug-likeness (QED) is 0.370. The zero-order valence-corrected chi connectivity index (χ0v) is 15.8. The van der Waals surface area contributed by atoms with Gasteiger partial charge in [-0.2, -0.15) is 0 Å². The van der Waals surface area contributed by atoms with Crippen molar-refractivity contribution in [3.63, 3.8) is 0 Å². The summed E-state index contributed by atoms with van der Waals surface area (Å²) >= 11 is 0. The molecule has 4 rings (SSSR count). The fourth-order valence-corrected chi connectivity index (χ4v) is 2.96. The molecule has 0 amide bonds. The van der Waals surface area contributed by atoms with Crippen LogP contribution in [0.2, 0.25) is 0 Å². The molecule has 0 unspecified atom stereocenters. The van der Waals surface area contributed by atoms with Crippen molar-refractivity contribution in [1.82, 2.24) is 0 Å². The lowest BCUT2D eigenvalue weighted by Gasteiger charge is -2.08. The first-order valence-corrected chi connectivity index (χ1v) is 9.06. The average molecular weight is 368 g/mol. The molecule has 0 saturated heterocycles. The summed E-state index contributed by atoms with van der Waals surface area (Å²) in [5.74, 6) is 1.48. The second-order valence-electron chi connectivity index (χ2n) is 6.55. The number of aliphatic imine (C=N–C) groups is 2. The molecule has 0 aliphatic rings. The van der Waals surface area contributed by atoms with Gasteiger partial charge in [0, 0.05) is 0 Å². The highest BCUT2D eigenvalue weighted by atomic mass is 16.3. The summed E-state index contributed by atoms with van der Waals surface area (Å²) < 4.78 is 10.6. The van der Waals surface area contributed by atoms with Crippen LogP contribution in [-0.4, -0.2) is 12.4 Å². The molecule has 4 heteroatoms. The van der Waals surface area contributed by atoms with E-state index in [-0.39, 0.29) is 0 Å². The Hall–Kier alpha value is -3.66. The summed E-state index contributed by atoms with van der Waals surface area (Å²) in [6.07, 6.45) is 6.75. The minimum atomic E-state index is 0.741. The standard InChI is InChI=1S/C24H20N2O2/c1-17-13-19(7-9-23(17)25-15-21-5-3-11-27-21)20-8-10-24(18(2)14-20)26-16-22-6-4-12-28-22/h3-16H,1-2H3. The van der Waals surface area contributed by atoms with Crippen molar-refractivity contribution in [1.29, 1.82) is 0 Å². The van der Waals surface area contributed by atoms with Gasteiger partial charge in [0.1, 0.15) is 11.5 Å². The Morgan fingerprint density at radius 1 is 0.643 bits per heavy atom. The Kier molecular flexibility index (Phi) is 5.02. The van der Waals surface area contributed by atoms with Gasteiger partial charge in [0.25, 0.3) is 0 Å². The van der Waals surface area contributed by atoms with E-state index in [2.05, 4.69) is 48.1 Å². The fraction of sp³-hybridized carbons (Fsp3) is 0.0833. The van der Waals surface area contributed by atoms with Crippen molar-refractivity contribution >= 4 is 23.8 Å². The van der Waals surface area contributed by atoms with Crippen LogP contribution in [0.15, 0.2) is 92.0 Å². The van der Waals surface area contributed by atoms with Gasteiger partial charge in [0.15, 0.2) is 0 Å². The third-order valence-corrected chi connectivity index (χ3v) is 4.48. The van der Waals surface area contributed by atoms with Crippen LogP contribution in [0.1, 0.15) is 22.6 Å². The Morgan fingerprint density at radius 3 is 1.46 bits per heavy atom. The van der Waals surface area contributed by atoms with Gasteiger partial charge in [-0.1, -0.05) is 12.1 Å². The highest BCUT2D eigenvalue weighted by molar-refractivity contribution is 5.81. The Labute approximate surface area is 163 Å². The summed E-state index contributed by atoms with van der Waals surface area (Å²) in [4.78, 5) is 9.03. The van der Waals surface area contributed by atoms with E-state index < -0.39 is 0 Å². The second kappa shape index (κ2) is 7.92. The molecule has 0 fully saturated rings. The van der Waals surface area contributed by atoms with E-state index >= 15 is 0 Å². The molecule has 138 valence electrons. The maximum Gasteiger partial charge on any atom is 0.144 e. The molecule has 2 aromatic carbocycles. The predicted molar refractivity (Wildman–Crippen MR) is 113 cm³/mol. The third kappa shape index (κ3) is 4.01. The lowest BCUT2D eigenvalue weighted by Crippen LogP contribution is -1.84. The summed E-state index contributed by atoms with van der Waals surface area (Å²) in [6.45, 7) is 4.13. The number of aryl methyl sites for hydroxylation is 2. The molecule has 4 nitrogen and oxygen atoms in total. The SMILES string of the molecule is Cc1cc(-c2ccc(N=Cc3ccco3)c(C)c2)ccc1N=Cc1ccco1. The second-order valence-corrected chi connectivity index (χ2v) is 6.55. The lowest BCUT2D eigenvalue weighted by molar-refractivity contribution is 0.560. The topological polar surface area (TPSA) is 51.0 Å². The van der Waals surface area contributed by atoms with Gasteiger partial charge in [-0.15, -0.1) is 0 Å². The average Bonchev–Trinajstić information content (AvgIpc) is 3.40. The molecule has 0 spiro atoms. The largest absolute Gasteiger partial charge is 0.463 e. The first-order valence-electron chi connectivity index (χ1n) is 9.06. The number of hydrogen-bond donors (Lipinski definition) is 0. The van der Waals surface area contributed by atoms with Gasteiger partial charge in [-0.05, 0) is 84.6 Å². The molecule has 0 atom stereocenters. The van der Waals surface area contributed by atoms with Crippen molar-refractivity contribution in [3.8, 4) is 11.1 Å². The number of rotatable bonds is 5. The fourth-order valence-electron chi connectivity index (χ4n) is 2.96. The molecular formula is C24H20N2O2. The van der Waals surface area contributed by atoms with Gasteiger partial charge < -0.3 is 8.83 Å². The summed E-state index contributed by atoms with van der Waals surface area (Å²) in [7, 11) is 0. The smallest absolute Gasteiger partial charge is 0.144 e. The zero-order valence-electron chi connectivity index (χ0n) is 15.8. The third-order valence-electron chi connectivity index (χ3n) is 4.48. The van der Waals surface area contributed by atoms with Crippen LogP contribution in [0, 0.1) is 13.8 Å². The molecule has 0 N–H and O–H groups in total. The van der Waals surface area contributed by atoms with Gasteiger partial charge in [-0.25, -0.2) is 0 Å². The minimum absolute atomic E-state index is 0.741. The van der Waals surface area contributed by atoms with Gasteiger partial charge in [-0.3, -0.25) is 9.98 Å². The number of hydrogen-bond acceptors (Lipinski definition) is 4. The summed E-state index contributed by atoms with van der Waals surface area (Å²) in [6, 6.07) is 20.0. The van der Waals surface area contributed by atoms with Crippen LogP contribution in [0.4, 0.5) is 11.4 Å². The normalized spacial score (nSPS) is 11.6. The number of furan rings is 2. The molecule has 0 radical (unpaired) electrons. The van der Waals surface area contributed by atoms with Crippen molar-refractivity contribution in [2.24, 2.45) is 9.98 Å². The molecule has 4 aromatic rings. The van der Waals surface area contributed by atoms with Gasteiger partial charge in [0.2, 0.25) is 0 Å². The van der Waals surface area contributed by atoms with E-state index in [1.165, 1.54) is 0 Å². The number of benzene rings is 2. The van der Waals surface area contributed by atoms with Crippen LogP contribution in [0.5, 0.6) is 0 Å². The van der Waals surface area contributed by atoms with E-state index in [0.717, 1.165) is 45.1 Å². The minimum Gasteiger partial charge on any atom is -0.463 e. The molecule has 2 heterocycles. The molecule has 0 aliphatic carbocycles. The first kappa shape index (κ1) is 17.7. The van der Waals surface area contributed by atoms with E-state index in [1.54, 1.807) is 25.0 Å². The molecule has 0 bridgehead atoms. The Balaban J connectivity index is 1.55. The van der Waals surface area contributed by atoms with Gasteiger partial charge in [0.05, 0.1) is 36.3 Å². The maximum absolute atomic E-state index is 5.29. The first-order chi connectivity index (χ1) is 13.7. The summed E-state index contributed by atoms with van der Waals surface area (Å²) in [5, 5.41) is 0. The van der Waals surface area contributed by atoms with Crippen LogP contribution < -0.4 is 0 Å². The maximum atomic E-state index is 5.29. The molecule has 28 heavy (non-hydrogen) atoms. The molecule has 0 saturated carbocycles. The molecular weight excluding hydrogens is 348 g/mol. The monoisotopic (exact) mass is 368 g/mol. The van der Waals surface area contributed by atoms with Crippen LogP contribution in [0.3, 0.4) is 0 Å².